The van der Waals surface area contributed by atoms with E-state index in [1.807, 2.05) is 60.7 Å². The van der Waals surface area contributed by atoms with Crippen LogP contribution in [0.4, 0.5) is 0 Å². The van der Waals surface area contributed by atoms with Crippen molar-refractivity contribution in [2.24, 2.45) is 0 Å². The molecule has 0 fully saturated rings. The lowest BCUT2D eigenvalue weighted by molar-refractivity contribution is 0.720. The van der Waals surface area contributed by atoms with Crippen molar-refractivity contribution in [3.05, 3.63) is 187 Å². The van der Waals surface area contributed by atoms with E-state index in [2.05, 4.69) is 115 Å². The Bertz CT molecular complexity index is 2300. The Morgan fingerprint density at radius 3 is 1.35 bits per heavy atom. The average Bonchev–Trinajstić information content (AvgIpc) is 3.18. The molecule has 0 amide bonds. The minimum atomic E-state index is 0.364. The van der Waals surface area contributed by atoms with Gasteiger partial charge in [0.1, 0.15) is 0 Å². The molecule has 3 heteroatoms. The quantitative estimate of drug-likeness (QED) is 0.194. The summed E-state index contributed by atoms with van der Waals surface area (Å²) >= 11 is 0. The van der Waals surface area contributed by atoms with Gasteiger partial charge in [-0.15, -0.1) is 0 Å². The first-order chi connectivity index (χ1) is 23.8. The Morgan fingerprint density at radius 2 is 0.750 bits per heavy atom. The van der Waals surface area contributed by atoms with Crippen LogP contribution in [0.2, 0.25) is 0 Å². The Kier molecular flexibility index (Phi) is 6.94. The van der Waals surface area contributed by atoms with Gasteiger partial charge in [0.25, 0.3) is 0 Å². The predicted octanol–water partition coefficient (Wildman–Crippen LogP) is 11.2. The lowest BCUT2D eigenvalue weighted by Gasteiger charge is -2.34. The maximum absolute atomic E-state index is 4.96. The third-order valence-corrected chi connectivity index (χ3v) is 9.51. The van der Waals surface area contributed by atoms with Crippen LogP contribution in [0.25, 0.3) is 67.5 Å². The summed E-state index contributed by atoms with van der Waals surface area (Å²) in [7, 11) is 0. The highest BCUT2D eigenvalue weighted by Gasteiger charge is 2.31. The van der Waals surface area contributed by atoms with E-state index in [-0.39, 0.29) is 0 Å². The van der Waals surface area contributed by atoms with Crippen molar-refractivity contribution < 1.29 is 0 Å². The van der Waals surface area contributed by atoms with Crippen molar-refractivity contribution in [3.63, 3.8) is 0 Å². The number of nitrogens with zero attached hydrogens (tertiary/aromatic N) is 3. The lowest BCUT2D eigenvalue weighted by atomic mass is 9.69. The summed E-state index contributed by atoms with van der Waals surface area (Å²) < 4.78 is 0. The molecule has 226 valence electrons. The first-order valence-corrected chi connectivity index (χ1v) is 16.4. The van der Waals surface area contributed by atoms with Crippen LogP contribution in [0.3, 0.4) is 0 Å². The number of hydrogen-bond donors (Lipinski definition) is 0. The highest BCUT2D eigenvalue weighted by molar-refractivity contribution is 5.83. The van der Waals surface area contributed by atoms with Gasteiger partial charge in [-0.1, -0.05) is 158 Å². The largest absolute Gasteiger partial charge is 0.208 e. The van der Waals surface area contributed by atoms with Crippen LogP contribution in [0.1, 0.15) is 23.0 Å². The van der Waals surface area contributed by atoms with Crippen molar-refractivity contribution in [2.45, 2.75) is 11.8 Å². The smallest absolute Gasteiger partial charge is 0.164 e. The first kappa shape index (κ1) is 28.1. The predicted molar refractivity (Wildman–Crippen MR) is 196 cm³/mol. The summed E-state index contributed by atoms with van der Waals surface area (Å²) in [4.78, 5) is 14.8. The minimum Gasteiger partial charge on any atom is -0.208 e. The van der Waals surface area contributed by atoms with E-state index in [0.717, 1.165) is 27.8 Å². The van der Waals surface area contributed by atoms with E-state index in [1.165, 1.54) is 33.4 Å². The van der Waals surface area contributed by atoms with Gasteiger partial charge in [-0.3, -0.25) is 0 Å². The van der Waals surface area contributed by atoms with E-state index in [0.29, 0.717) is 29.3 Å². The topological polar surface area (TPSA) is 38.7 Å². The fourth-order valence-electron chi connectivity index (χ4n) is 7.15. The summed E-state index contributed by atoms with van der Waals surface area (Å²) in [5.74, 6) is 2.72. The van der Waals surface area contributed by atoms with Crippen LogP contribution >= 0.6 is 0 Å². The van der Waals surface area contributed by atoms with Crippen LogP contribution in [0.5, 0.6) is 0 Å². The van der Waals surface area contributed by atoms with Gasteiger partial charge in [-0.25, -0.2) is 15.0 Å². The van der Waals surface area contributed by atoms with Crippen LogP contribution in [-0.2, 0) is 0 Å². The zero-order chi connectivity index (χ0) is 31.9. The molecule has 0 saturated carbocycles. The van der Waals surface area contributed by atoms with Gasteiger partial charge < -0.3 is 0 Å². The van der Waals surface area contributed by atoms with E-state index < -0.39 is 0 Å². The summed E-state index contributed by atoms with van der Waals surface area (Å²) in [6, 6.07) is 53.4. The van der Waals surface area contributed by atoms with Gasteiger partial charge in [0.15, 0.2) is 17.5 Å². The number of fused-ring (bicyclic) bond motifs is 6. The van der Waals surface area contributed by atoms with Gasteiger partial charge >= 0.3 is 0 Å². The normalized spacial score (nSPS) is 15.8. The number of rotatable bonds is 5. The molecule has 2 aliphatic carbocycles. The van der Waals surface area contributed by atoms with Crippen LogP contribution in [-0.4, -0.2) is 15.0 Å². The Hall–Kier alpha value is -6.19. The van der Waals surface area contributed by atoms with Crippen molar-refractivity contribution in [1.82, 2.24) is 15.0 Å². The Balaban J connectivity index is 1.10. The zero-order valence-electron chi connectivity index (χ0n) is 26.2. The van der Waals surface area contributed by atoms with Gasteiger partial charge in [0, 0.05) is 28.5 Å². The standard InChI is InChI=1S/C45H31N3/c1-3-13-30(14-4-1)43-46-44(31-15-5-2-6-16-31)48-45(47-43)36-20-12-19-34(28-36)32-17-11-18-33(27-32)35-25-26-41-39-23-8-7-21-37(39)38-22-9-10-24-40(38)42(41)29-35/h1-29,37,39H. The molecule has 3 nitrogen and oxygen atoms in total. The minimum absolute atomic E-state index is 0.364. The molecule has 2 atom stereocenters. The molecule has 0 radical (unpaired) electrons. The van der Waals surface area contributed by atoms with Gasteiger partial charge in [0.05, 0.1) is 0 Å². The zero-order valence-corrected chi connectivity index (χ0v) is 26.2. The maximum atomic E-state index is 4.96. The molecule has 9 rings (SSSR count). The number of aromatic nitrogens is 3. The van der Waals surface area contributed by atoms with E-state index in [1.54, 1.807) is 0 Å². The van der Waals surface area contributed by atoms with Crippen molar-refractivity contribution >= 4 is 0 Å². The van der Waals surface area contributed by atoms with Gasteiger partial charge in [-0.05, 0) is 62.7 Å². The summed E-state index contributed by atoms with van der Waals surface area (Å²) in [6.45, 7) is 0. The third kappa shape index (κ3) is 5.06. The monoisotopic (exact) mass is 613 g/mol. The van der Waals surface area contributed by atoms with Crippen LogP contribution in [0, 0.1) is 0 Å². The Morgan fingerprint density at radius 1 is 0.312 bits per heavy atom. The maximum Gasteiger partial charge on any atom is 0.164 e. The summed E-state index contributed by atoms with van der Waals surface area (Å²) in [6.07, 6.45) is 9.07. The molecule has 0 saturated heterocycles. The fraction of sp³-hybridized carbons (Fsp3) is 0.0444. The molecule has 2 unspecified atom stereocenters. The van der Waals surface area contributed by atoms with Crippen molar-refractivity contribution in [2.75, 3.05) is 0 Å². The highest BCUT2D eigenvalue weighted by atomic mass is 15.0. The molecule has 48 heavy (non-hydrogen) atoms. The van der Waals surface area contributed by atoms with E-state index >= 15 is 0 Å². The molecule has 0 aliphatic heterocycles. The van der Waals surface area contributed by atoms with Crippen LogP contribution in [0.15, 0.2) is 176 Å². The SMILES string of the molecule is C1=CC2c3ccccc3-c3cc(-c4cccc(-c5cccc(-c6nc(-c7ccccc7)nc(-c7ccccc7)n6)c5)c4)ccc3C2C=C1. The lowest BCUT2D eigenvalue weighted by Crippen LogP contribution is -2.16. The molecule has 1 heterocycles. The molecule has 0 N–H and O–H groups in total. The second kappa shape index (κ2) is 11.9. The molecule has 7 aromatic rings. The molecule has 1 aromatic heterocycles. The highest BCUT2D eigenvalue weighted by Crippen LogP contribution is 2.50. The average molecular weight is 614 g/mol. The molecule has 2 aliphatic rings. The van der Waals surface area contributed by atoms with E-state index in [4.69, 9.17) is 15.0 Å². The number of hydrogen-bond acceptors (Lipinski definition) is 3. The van der Waals surface area contributed by atoms with Crippen LogP contribution < -0.4 is 0 Å². The fourth-order valence-corrected chi connectivity index (χ4v) is 7.15. The first-order valence-electron chi connectivity index (χ1n) is 16.4. The summed E-state index contributed by atoms with van der Waals surface area (Å²) in [5.41, 5.74) is 13.0. The molecular formula is C45H31N3. The Labute approximate surface area is 280 Å². The van der Waals surface area contributed by atoms with E-state index in [9.17, 15) is 0 Å². The van der Waals surface area contributed by atoms with Crippen molar-refractivity contribution in [3.8, 4) is 67.5 Å². The third-order valence-electron chi connectivity index (χ3n) is 9.51. The summed E-state index contributed by atoms with van der Waals surface area (Å²) in [5, 5.41) is 0. The second-order valence-corrected chi connectivity index (χ2v) is 12.4. The molecule has 6 aromatic carbocycles. The number of allylic oxidation sites excluding steroid dienone is 4. The second-order valence-electron chi connectivity index (χ2n) is 12.4. The van der Waals surface area contributed by atoms with Gasteiger partial charge in [0.2, 0.25) is 0 Å². The van der Waals surface area contributed by atoms with Crippen molar-refractivity contribution in [1.29, 1.82) is 0 Å². The molecular weight excluding hydrogens is 583 g/mol. The molecule has 0 spiro atoms. The molecule has 0 bridgehead atoms. The van der Waals surface area contributed by atoms with Gasteiger partial charge in [-0.2, -0.15) is 0 Å². The number of benzene rings is 6.